The van der Waals surface area contributed by atoms with E-state index in [0.29, 0.717) is 12.1 Å². The van der Waals surface area contributed by atoms with Gasteiger partial charge >= 0.3 is 0 Å². The number of nitrogens with one attached hydrogen (secondary N) is 2. The number of rotatable bonds is 1. The van der Waals surface area contributed by atoms with Gasteiger partial charge in [-0.25, -0.2) is 5.32 Å². The van der Waals surface area contributed by atoms with E-state index in [9.17, 15) is 0 Å². The van der Waals surface area contributed by atoms with Crippen molar-refractivity contribution in [1.29, 1.82) is 0 Å². The zero-order valence-corrected chi connectivity index (χ0v) is 10.1. The lowest BCUT2D eigenvalue weighted by atomic mass is 10.0. The Kier molecular flexibility index (Phi) is 3.30. The van der Waals surface area contributed by atoms with Gasteiger partial charge in [-0.15, -0.1) is 0 Å². The topological polar surface area (TPSA) is 41.4 Å². The highest BCUT2D eigenvalue weighted by Gasteiger charge is 2.39. The first kappa shape index (κ1) is 11.3. The summed E-state index contributed by atoms with van der Waals surface area (Å²) in [5.74, 6) is 0. The molecule has 2 aliphatic heterocycles. The monoisotopic (exact) mass is 211 g/mol. The minimum Gasteiger partial charge on any atom is -0.312 e. The minimum atomic E-state index is 0.00796. The first-order chi connectivity index (χ1) is 7.12. The van der Waals surface area contributed by atoms with Crippen LogP contribution in [-0.2, 0) is 0 Å². The van der Waals surface area contributed by atoms with Crippen LogP contribution in [0.2, 0.25) is 0 Å². The fourth-order valence-corrected chi connectivity index (χ4v) is 2.64. The number of hydrogen-bond acceptors (Lipinski definition) is 3. The fourth-order valence-electron chi connectivity index (χ4n) is 2.64. The predicted molar refractivity (Wildman–Crippen MR) is 61.9 cm³/mol. The highest BCUT2D eigenvalue weighted by Crippen LogP contribution is 2.20. The maximum absolute atomic E-state index is 4.81. The second kappa shape index (κ2) is 4.37. The summed E-state index contributed by atoms with van der Waals surface area (Å²) in [4.78, 5) is 2.54. The van der Waals surface area contributed by atoms with Crippen LogP contribution in [0.25, 0.3) is 0 Å². The molecular weight excluding hydrogens is 188 g/mol. The van der Waals surface area contributed by atoms with Crippen LogP contribution >= 0.6 is 0 Å². The van der Waals surface area contributed by atoms with E-state index in [1.165, 1.54) is 0 Å². The molecule has 0 aromatic rings. The van der Waals surface area contributed by atoms with E-state index in [1.54, 1.807) is 0 Å². The Labute approximate surface area is 92.8 Å². The van der Waals surface area contributed by atoms with Gasteiger partial charge in [0.1, 0.15) is 0 Å². The summed E-state index contributed by atoms with van der Waals surface area (Å²) in [5, 5.41) is 11.8. The van der Waals surface area contributed by atoms with Crippen LogP contribution in [0.3, 0.4) is 0 Å². The Morgan fingerprint density at radius 2 is 2.20 bits per heavy atom. The Balaban J connectivity index is 2.05. The molecular formula is C11H23N4. The van der Waals surface area contributed by atoms with E-state index in [-0.39, 0.29) is 5.66 Å². The molecule has 0 bridgehead atoms. The second-order valence-corrected chi connectivity index (χ2v) is 5.09. The molecule has 2 saturated heterocycles. The lowest BCUT2D eigenvalue weighted by Gasteiger charge is -2.50. The molecule has 0 saturated carbocycles. The average molecular weight is 211 g/mol. The molecule has 2 rings (SSSR count). The van der Waals surface area contributed by atoms with E-state index in [1.807, 2.05) is 0 Å². The van der Waals surface area contributed by atoms with Crippen LogP contribution in [0.4, 0.5) is 0 Å². The summed E-state index contributed by atoms with van der Waals surface area (Å²) < 4.78 is 0. The van der Waals surface area contributed by atoms with Gasteiger partial charge in [-0.2, -0.15) is 0 Å². The van der Waals surface area contributed by atoms with Crippen LogP contribution in [0.1, 0.15) is 20.8 Å². The van der Waals surface area contributed by atoms with E-state index >= 15 is 0 Å². The Morgan fingerprint density at radius 1 is 1.40 bits per heavy atom. The van der Waals surface area contributed by atoms with Gasteiger partial charge in [-0.3, -0.25) is 4.90 Å². The summed E-state index contributed by atoms with van der Waals surface area (Å²) in [6, 6.07) is 1.16. The van der Waals surface area contributed by atoms with Gasteiger partial charge in [0.2, 0.25) is 0 Å². The SMILES string of the molecule is CC1CN(C2(C)CNCC[N]2)C(C)CN1. The molecule has 3 unspecified atom stereocenters. The smallest absolute Gasteiger partial charge is 0.0974 e. The zero-order chi connectivity index (χ0) is 10.9. The van der Waals surface area contributed by atoms with Gasteiger partial charge < -0.3 is 10.6 Å². The van der Waals surface area contributed by atoms with Crippen LogP contribution in [-0.4, -0.2) is 55.4 Å². The van der Waals surface area contributed by atoms with Crippen molar-refractivity contribution in [1.82, 2.24) is 20.9 Å². The molecule has 2 fully saturated rings. The summed E-state index contributed by atoms with van der Waals surface area (Å²) in [6.45, 7) is 11.9. The molecule has 2 heterocycles. The largest absolute Gasteiger partial charge is 0.312 e. The van der Waals surface area contributed by atoms with E-state index in [0.717, 1.165) is 32.7 Å². The van der Waals surface area contributed by atoms with Crippen LogP contribution in [0.15, 0.2) is 0 Å². The van der Waals surface area contributed by atoms with Gasteiger partial charge in [-0.1, -0.05) is 0 Å². The molecule has 2 aliphatic rings. The number of hydrogen-bond donors (Lipinski definition) is 2. The zero-order valence-electron chi connectivity index (χ0n) is 10.1. The normalized spacial score (nSPS) is 44.2. The lowest BCUT2D eigenvalue weighted by molar-refractivity contribution is -0.00414. The Hall–Kier alpha value is -0.160. The molecule has 0 aliphatic carbocycles. The Bertz CT molecular complexity index is 213. The maximum Gasteiger partial charge on any atom is 0.0974 e. The van der Waals surface area contributed by atoms with Crippen molar-refractivity contribution in [3.63, 3.8) is 0 Å². The first-order valence-electron chi connectivity index (χ1n) is 6.01. The summed E-state index contributed by atoms with van der Waals surface area (Å²) >= 11 is 0. The quantitative estimate of drug-likeness (QED) is 0.620. The third-order valence-corrected chi connectivity index (χ3v) is 3.58. The van der Waals surface area contributed by atoms with Crippen molar-refractivity contribution >= 4 is 0 Å². The second-order valence-electron chi connectivity index (χ2n) is 5.09. The predicted octanol–water partition coefficient (Wildman–Crippen LogP) is -0.408. The molecule has 2 N–H and O–H groups in total. The van der Waals surface area contributed by atoms with E-state index < -0.39 is 0 Å². The van der Waals surface area contributed by atoms with Crippen molar-refractivity contribution in [3.8, 4) is 0 Å². The van der Waals surface area contributed by atoms with Gasteiger partial charge in [0.05, 0.1) is 5.66 Å². The van der Waals surface area contributed by atoms with Crippen LogP contribution < -0.4 is 16.0 Å². The number of piperazine rings is 2. The van der Waals surface area contributed by atoms with E-state index in [2.05, 4.69) is 36.3 Å². The van der Waals surface area contributed by atoms with Crippen molar-refractivity contribution in [2.75, 3.05) is 32.7 Å². The molecule has 1 radical (unpaired) electrons. The Morgan fingerprint density at radius 3 is 2.87 bits per heavy atom. The summed E-state index contributed by atoms with van der Waals surface area (Å²) in [7, 11) is 0. The molecule has 0 aromatic heterocycles. The molecule has 15 heavy (non-hydrogen) atoms. The number of nitrogens with zero attached hydrogens (tertiary/aromatic N) is 2. The minimum absolute atomic E-state index is 0.00796. The molecule has 0 spiro atoms. The molecule has 0 aromatic carbocycles. The van der Waals surface area contributed by atoms with Crippen LogP contribution in [0.5, 0.6) is 0 Å². The van der Waals surface area contributed by atoms with Crippen molar-refractivity contribution in [2.45, 2.75) is 38.5 Å². The van der Waals surface area contributed by atoms with E-state index in [4.69, 9.17) is 5.32 Å². The molecule has 4 heteroatoms. The average Bonchev–Trinajstić information content (AvgIpc) is 2.23. The summed E-state index contributed by atoms with van der Waals surface area (Å²) in [5.41, 5.74) is 0.00796. The molecule has 0 amide bonds. The summed E-state index contributed by atoms with van der Waals surface area (Å²) in [6.07, 6.45) is 0. The standard InChI is InChI=1S/C11H23N4/c1-9-7-15(10(2)6-13-9)11(3)8-12-4-5-14-11/h9-10,12-13H,4-8H2,1-3H3. The highest BCUT2D eigenvalue weighted by atomic mass is 15.4. The van der Waals surface area contributed by atoms with Gasteiger partial charge in [0, 0.05) is 44.8 Å². The third kappa shape index (κ3) is 2.33. The third-order valence-electron chi connectivity index (χ3n) is 3.58. The first-order valence-corrected chi connectivity index (χ1v) is 6.01. The maximum atomic E-state index is 4.81. The van der Waals surface area contributed by atoms with Crippen LogP contribution in [0, 0.1) is 0 Å². The molecule has 4 nitrogen and oxygen atoms in total. The molecule has 3 atom stereocenters. The van der Waals surface area contributed by atoms with Gasteiger partial charge in [-0.05, 0) is 20.8 Å². The molecule has 87 valence electrons. The lowest BCUT2D eigenvalue weighted by Crippen LogP contribution is -2.70. The van der Waals surface area contributed by atoms with Crippen molar-refractivity contribution in [3.05, 3.63) is 0 Å². The van der Waals surface area contributed by atoms with Crippen molar-refractivity contribution < 1.29 is 0 Å². The van der Waals surface area contributed by atoms with Crippen molar-refractivity contribution in [2.24, 2.45) is 0 Å². The van der Waals surface area contributed by atoms with Gasteiger partial charge in [0.25, 0.3) is 0 Å². The van der Waals surface area contributed by atoms with Gasteiger partial charge in [0.15, 0.2) is 0 Å². The fraction of sp³-hybridized carbons (Fsp3) is 1.00. The highest BCUT2D eigenvalue weighted by molar-refractivity contribution is 4.95.